The number of piperazine rings is 1. The van der Waals surface area contributed by atoms with Crippen molar-refractivity contribution >= 4 is 15.9 Å². The van der Waals surface area contributed by atoms with Gasteiger partial charge in [0.25, 0.3) is 5.91 Å². The van der Waals surface area contributed by atoms with Crippen molar-refractivity contribution in [1.82, 2.24) is 28.8 Å². The Labute approximate surface area is 187 Å². The van der Waals surface area contributed by atoms with Gasteiger partial charge >= 0.3 is 0 Å². The summed E-state index contributed by atoms with van der Waals surface area (Å²) < 4.78 is 36.2. The Bertz CT molecular complexity index is 1180. The van der Waals surface area contributed by atoms with Crippen molar-refractivity contribution < 1.29 is 17.9 Å². The van der Waals surface area contributed by atoms with Gasteiger partial charge in [0, 0.05) is 45.1 Å². The second-order valence-electron chi connectivity index (χ2n) is 7.46. The van der Waals surface area contributed by atoms with Gasteiger partial charge < -0.3 is 9.64 Å². The van der Waals surface area contributed by atoms with Crippen LogP contribution in [0.5, 0.6) is 5.75 Å². The first kappa shape index (κ1) is 22.0. The third-order valence-electron chi connectivity index (χ3n) is 5.34. The van der Waals surface area contributed by atoms with Crippen molar-refractivity contribution in [3.8, 4) is 5.75 Å². The third-order valence-corrected chi connectivity index (χ3v) is 7.34. The number of nitrogens with zero attached hydrogens (tertiary/aromatic N) is 6. The van der Waals surface area contributed by atoms with E-state index in [1.54, 1.807) is 39.6 Å². The number of hydrogen-bond acceptors (Lipinski definition) is 6. The first-order valence-corrected chi connectivity index (χ1v) is 11.9. The number of para-hydroxylation sites is 1. The molecule has 1 aromatic carbocycles. The average Bonchev–Trinajstić information content (AvgIpc) is 3.45. The highest BCUT2D eigenvalue weighted by Crippen LogP contribution is 2.21. The summed E-state index contributed by atoms with van der Waals surface area (Å²) in [6.07, 6.45) is 3.25. The fourth-order valence-electron chi connectivity index (χ4n) is 3.55. The van der Waals surface area contributed by atoms with Gasteiger partial charge in [-0.3, -0.25) is 9.48 Å². The largest absolute Gasteiger partial charge is 0.471 e. The fourth-order valence-corrected chi connectivity index (χ4v) is 5.14. The van der Waals surface area contributed by atoms with E-state index < -0.39 is 10.0 Å². The van der Waals surface area contributed by atoms with E-state index in [2.05, 4.69) is 10.2 Å². The lowest BCUT2D eigenvalue weighted by Crippen LogP contribution is -2.50. The van der Waals surface area contributed by atoms with E-state index in [-0.39, 0.29) is 30.6 Å². The van der Waals surface area contributed by atoms with E-state index in [4.69, 9.17) is 4.74 Å². The first-order chi connectivity index (χ1) is 15.4. The molecule has 0 saturated carbocycles. The summed E-state index contributed by atoms with van der Waals surface area (Å²) in [6, 6.07) is 11.0. The van der Waals surface area contributed by atoms with Crippen LogP contribution in [-0.2, 0) is 23.3 Å². The number of rotatable bonds is 7. The van der Waals surface area contributed by atoms with Crippen LogP contribution in [0.4, 0.5) is 0 Å². The molecular formula is C21H26N6O4S. The van der Waals surface area contributed by atoms with E-state index in [1.165, 1.54) is 4.31 Å². The Balaban J connectivity index is 1.35. The molecule has 1 aliphatic rings. The summed E-state index contributed by atoms with van der Waals surface area (Å²) in [4.78, 5) is 14.7. The maximum atomic E-state index is 13.0. The molecule has 10 nitrogen and oxygen atoms in total. The van der Waals surface area contributed by atoms with Crippen LogP contribution in [0.25, 0.3) is 0 Å². The molecular weight excluding hydrogens is 432 g/mol. The van der Waals surface area contributed by atoms with Crippen LogP contribution in [-0.4, -0.2) is 69.3 Å². The molecule has 0 bridgehead atoms. The maximum absolute atomic E-state index is 13.0. The number of amides is 1. The molecule has 0 atom stereocenters. The average molecular weight is 459 g/mol. The zero-order chi connectivity index (χ0) is 22.7. The Hall–Kier alpha value is -3.18. The van der Waals surface area contributed by atoms with Gasteiger partial charge in [0.05, 0.1) is 5.69 Å². The van der Waals surface area contributed by atoms with Crippen molar-refractivity contribution in [3.63, 3.8) is 0 Å². The molecule has 1 saturated heterocycles. The monoisotopic (exact) mass is 458 g/mol. The minimum absolute atomic E-state index is 0.189. The van der Waals surface area contributed by atoms with Gasteiger partial charge in [0.15, 0.2) is 12.4 Å². The van der Waals surface area contributed by atoms with Crippen LogP contribution in [0.2, 0.25) is 0 Å². The number of benzene rings is 1. The van der Waals surface area contributed by atoms with Crippen molar-refractivity contribution in [2.24, 2.45) is 0 Å². The Morgan fingerprint density at radius 2 is 1.75 bits per heavy atom. The van der Waals surface area contributed by atoms with Crippen LogP contribution < -0.4 is 4.74 Å². The van der Waals surface area contributed by atoms with Crippen LogP contribution in [0.3, 0.4) is 0 Å². The second kappa shape index (κ2) is 9.13. The number of ether oxygens (including phenoxy) is 1. The highest BCUT2D eigenvalue weighted by molar-refractivity contribution is 7.89. The van der Waals surface area contributed by atoms with Crippen molar-refractivity contribution in [2.75, 3.05) is 26.2 Å². The summed E-state index contributed by atoms with van der Waals surface area (Å²) in [6.45, 7) is 5.43. The molecule has 32 heavy (non-hydrogen) atoms. The molecule has 0 aliphatic carbocycles. The van der Waals surface area contributed by atoms with Gasteiger partial charge in [-0.15, -0.1) is 0 Å². The molecule has 3 aromatic rings. The fraction of sp³-hybridized carbons (Fsp3) is 0.381. The molecule has 170 valence electrons. The first-order valence-electron chi connectivity index (χ1n) is 10.4. The molecule has 0 unspecified atom stereocenters. The zero-order valence-electron chi connectivity index (χ0n) is 18.1. The summed E-state index contributed by atoms with van der Waals surface area (Å²) in [7, 11) is -3.65. The van der Waals surface area contributed by atoms with E-state index in [1.807, 2.05) is 37.3 Å². The number of carbonyl (C=O) groups excluding carboxylic acids is 1. The van der Waals surface area contributed by atoms with Crippen LogP contribution >= 0.6 is 0 Å². The topological polar surface area (TPSA) is 103 Å². The van der Waals surface area contributed by atoms with Crippen molar-refractivity contribution in [2.45, 2.75) is 32.0 Å². The molecule has 1 amide bonds. The van der Waals surface area contributed by atoms with E-state index in [0.29, 0.717) is 36.8 Å². The van der Waals surface area contributed by atoms with Gasteiger partial charge in [0.2, 0.25) is 10.0 Å². The van der Waals surface area contributed by atoms with Gasteiger partial charge in [0.1, 0.15) is 10.6 Å². The number of carbonyl (C=O) groups is 1. The Morgan fingerprint density at radius 3 is 2.41 bits per heavy atom. The summed E-state index contributed by atoms with van der Waals surface area (Å²) in [5, 5.41) is 8.53. The number of sulfonamides is 1. The van der Waals surface area contributed by atoms with Crippen LogP contribution in [0.1, 0.15) is 23.1 Å². The Morgan fingerprint density at radius 1 is 1.03 bits per heavy atom. The minimum atomic E-state index is -3.65. The number of aryl methyl sites for hydroxylation is 2. The lowest BCUT2D eigenvalue weighted by atomic mass is 10.3. The molecule has 11 heteroatoms. The Kier molecular flexibility index (Phi) is 6.28. The van der Waals surface area contributed by atoms with E-state index in [0.717, 1.165) is 0 Å². The molecule has 3 heterocycles. The van der Waals surface area contributed by atoms with Gasteiger partial charge in [-0.05, 0) is 32.0 Å². The minimum Gasteiger partial charge on any atom is -0.471 e. The van der Waals surface area contributed by atoms with Gasteiger partial charge in [-0.1, -0.05) is 18.2 Å². The summed E-state index contributed by atoms with van der Waals surface area (Å²) >= 11 is 0. The third kappa shape index (κ3) is 4.53. The van der Waals surface area contributed by atoms with Gasteiger partial charge in [-0.25, -0.2) is 13.1 Å². The summed E-state index contributed by atoms with van der Waals surface area (Å²) in [5.41, 5.74) is 0.784. The van der Waals surface area contributed by atoms with Crippen LogP contribution in [0, 0.1) is 6.92 Å². The quantitative estimate of drug-likeness (QED) is 0.533. The molecule has 0 N–H and O–H groups in total. The molecule has 1 fully saturated rings. The second-order valence-corrected chi connectivity index (χ2v) is 9.36. The molecule has 2 aromatic heterocycles. The molecule has 4 rings (SSSR count). The molecule has 0 radical (unpaired) electrons. The smallest absolute Gasteiger partial charge is 0.274 e. The normalized spacial score (nSPS) is 15.1. The van der Waals surface area contributed by atoms with Gasteiger partial charge in [-0.2, -0.15) is 14.5 Å². The standard InChI is InChI=1S/C21H26N6O4S/c1-3-25-15-20(17(2)22-25)32(29,30)27-13-11-24(12-14-27)21(28)19-9-10-26(23-19)16-31-18-7-5-4-6-8-18/h4-10,15H,3,11-14,16H2,1-2H3. The molecule has 1 aliphatic heterocycles. The highest BCUT2D eigenvalue weighted by atomic mass is 32.2. The SMILES string of the molecule is CCn1cc(S(=O)(=O)N2CCN(C(=O)c3ccn(COc4ccccc4)n3)CC2)c(C)n1. The van der Waals surface area contributed by atoms with E-state index in [9.17, 15) is 13.2 Å². The molecule has 0 spiro atoms. The van der Waals surface area contributed by atoms with E-state index >= 15 is 0 Å². The van der Waals surface area contributed by atoms with Crippen molar-refractivity contribution in [3.05, 3.63) is 60.2 Å². The zero-order valence-corrected chi connectivity index (χ0v) is 18.9. The number of aromatic nitrogens is 4. The predicted octanol–water partition coefficient (Wildman–Crippen LogP) is 1.59. The maximum Gasteiger partial charge on any atom is 0.274 e. The summed E-state index contributed by atoms with van der Waals surface area (Å²) in [5.74, 6) is 0.489. The van der Waals surface area contributed by atoms with Crippen LogP contribution in [0.15, 0.2) is 53.7 Å². The van der Waals surface area contributed by atoms with Crippen molar-refractivity contribution in [1.29, 1.82) is 0 Å². The lowest BCUT2D eigenvalue weighted by Gasteiger charge is -2.33. The number of hydrogen-bond donors (Lipinski definition) is 0. The lowest BCUT2D eigenvalue weighted by molar-refractivity contribution is 0.0690. The predicted molar refractivity (Wildman–Crippen MR) is 117 cm³/mol. The highest BCUT2D eigenvalue weighted by Gasteiger charge is 2.33.